The van der Waals surface area contributed by atoms with Gasteiger partial charge in [-0.1, -0.05) is 24.3 Å². The van der Waals surface area contributed by atoms with Gasteiger partial charge in [0, 0.05) is 51.1 Å². The number of halogens is 1. The van der Waals surface area contributed by atoms with E-state index in [4.69, 9.17) is 15.2 Å². The van der Waals surface area contributed by atoms with E-state index in [1.807, 2.05) is 6.07 Å². The quantitative estimate of drug-likeness (QED) is 0.332. The standard InChI is InChI=1S/C31H39FN6O6/c1-31(2,3)44-30(42)38(15-17-43-16-10-33)20-27(39)36-11-13-37(14-12-36)29(41)24-18-21(8-9-25(24)32)19-26-22-6-4-5-7-23(22)28(40)35-34-26/h4-9,18H,10-17,19-20,33H2,1-3H3,(H,35,40). The monoisotopic (exact) mass is 610 g/mol. The zero-order valence-corrected chi connectivity index (χ0v) is 25.3. The Morgan fingerprint density at radius 1 is 1.02 bits per heavy atom. The molecule has 3 aromatic rings. The summed E-state index contributed by atoms with van der Waals surface area (Å²) in [4.78, 5) is 55.7. The SMILES string of the molecule is CC(C)(C)OC(=O)N(CCOCCN)CC(=O)N1CCN(C(=O)c2cc(Cc3n[nH]c(=O)c4ccccc34)ccc2F)CC1. The molecule has 3 amide bonds. The molecule has 0 bridgehead atoms. The summed E-state index contributed by atoms with van der Waals surface area (Å²) in [5, 5.41) is 7.85. The molecular formula is C31H39FN6O6. The number of carbonyl (C=O) groups is 3. The number of nitrogens with zero attached hydrogens (tertiary/aromatic N) is 4. The van der Waals surface area contributed by atoms with Gasteiger partial charge in [0.1, 0.15) is 18.0 Å². The fourth-order valence-corrected chi connectivity index (χ4v) is 4.86. The summed E-state index contributed by atoms with van der Waals surface area (Å²) in [6.45, 7) is 6.90. The second-order valence-corrected chi connectivity index (χ2v) is 11.5. The highest BCUT2D eigenvalue weighted by molar-refractivity contribution is 5.95. The van der Waals surface area contributed by atoms with Gasteiger partial charge in [0.25, 0.3) is 11.5 Å². The van der Waals surface area contributed by atoms with Crippen molar-refractivity contribution < 1.29 is 28.2 Å². The second kappa shape index (κ2) is 14.4. The van der Waals surface area contributed by atoms with E-state index >= 15 is 0 Å². The molecule has 1 saturated heterocycles. The van der Waals surface area contributed by atoms with Crippen molar-refractivity contribution in [3.05, 3.63) is 75.5 Å². The number of hydrogen-bond donors (Lipinski definition) is 2. The van der Waals surface area contributed by atoms with Crippen LogP contribution in [0.1, 0.15) is 42.4 Å². The van der Waals surface area contributed by atoms with Gasteiger partial charge in [0.05, 0.1) is 29.9 Å². The van der Waals surface area contributed by atoms with Crippen LogP contribution < -0.4 is 11.3 Å². The Bertz CT molecular complexity index is 1550. The van der Waals surface area contributed by atoms with E-state index in [0.29, 0.717) is 35.2 Å². The first-order chi connectivity index (χ1) is 21.0. The van der Waals surface area contributed by atoms with Gasteiger partial charge in [0.15, 0.2) is 0 Å². The largest absolute Gasteiger partial charge is 0.444 e. The molecule has 1 fully saturated rings. The van der Waals surface area contributed by atoms with E-state index in [-0.39, 0.29) is 69.3 Å². The average Bonchev–Trinajstić information content (AvgIpc) is 3.00. The molecule has 2 heterocycles. The van der Waals surface area contributed by atoms with Crippen molar-refractivity contribution in [2.45, 2.75) is 32.8 Å². The molecule has 0 radical (unpaired) electrons. The Morgan fingerprint density at radius 3 is 2.39 bits per heavy atom. The van der Waals surface area contributed by atoms with Gasteiger partial charge in [-0.05, 0) is 44.5 Å². The van der Waals surface area contributed by atoms with Crippen molar-refractivity contribution in [3.63, 3.8) is 0 Å². The van der Waals surface area contributed by atoms with Gasteiger partial charge < -0.3 is 25.0 Å². The molecule has 1 aliphatic heterocycles. The lowest BCUT2D eigenvalue weighted by Gasteiger charge is -2.36. The van der Waals surface area contributed by atoms with Gasteiger partial charge in [-0.25, -0.2) is 14.3 Å². The van der Waals surface area contributed by atoms with Crippen molar-refractivity contribution in [1.29, 1.82) is 0 Å². The Morgan fingerprint density at radius 2 is 1.70 bits per heavy atom. The number of ether oxygens (including phenoxy) is 2. The number of hydrogen-bond acceptors (Lipinski definition) is 8. The molecule has 1 aromatic heterocycles. The molecule has 44 heavy (non-hydrogen) atoms. The number of nitrogens with one attached hydrogen (secondary N) is 1. The normalized spacial score (nSPS) is 13.7. The van der Waals surface area contributed by atoms with Crippen LogP contribution in [0.3, 0.4) is 0 Å². The van der Waals surface area contributed by atoms with Crippen LogP contribution in [0.5, 0.6) is 0 Å². The Hall–Kier alpha value is -4.36. The first kappa shape index (κ1) is 32.6. The maximum atomic E-state index is 14.9. The van der Waals surface area contributed by atoms with E-state index in [1.165, 1.54) is 21.9 Å². The van der Waals surface area contributed by atoms with Crippen LogP contribution in [-0.4, -0.2) is 107 Å². The lowest BCUT2D eigenvalue weighted by atomic mass is 10.0. The fraction of sp³-hybridized carbons (Fsp3) is 0.452. The van der Waals surface area contributed by atoms with Crippen LogP contribution in [0.2, 0.25) is 0 Å². The molecule has 0 aliphatic carbocycles. The van der Waals surface area contributed by atoms with Crippen molar-refractivity contribution in [3.8, 4) is 0 Å². The van der Waals surface area contributed by atoms with E-state index < -0.39 is 23.4 Å². The third kappa shape index (κ3) is 8.38. The molecule has 2 aromatic carbocycles. The minimum atomic E-state index is -0.737. The number of nitrogens with two attached hydrogens (primary N) is 1. The lowest BCUT2D eigenvalue weighted by molar-refractivity contribution is -0.134. The first-order valence-electron chi connectivity index (χ1n) is 14.5. The van der Waals surface area contributed by atoms with Crippen molar-refractivity contribution in [2.24, 2.45) is 5.73 Å². The third-order valence-electron chi connectivity index (χ3n) is 7.07. The summed E-state index contributed by atoms with van der Waals surface area (Å²) < 4.78 is 25.7. The summed E-state index contributed by atoms with van der Waals surface area (Å²) in [6, 6.07) is 11.4. The van der Waals surface area contributed by atoms with Gasteiger partial charge in [0.2, 0.25) is 5.91 Å². The molecule has 0 unspecified atom stereocenters. The molecule has 12 nitrogen and oxygen atoms in total. The number of aromatic amines is 1. The molecule has 0 spiro atoms. The van der Waals surface area contributed by atoms with Crippen LogP contribution in [0.4, 0.5) is 9.18 Å². The highest BCUT2D eigenvalue weighted by atomic mass is 19.1. The van der Waals surface area contributed by atoms with Crippen LogP contribution >= 0.6 is 0 Å². The molecule has 236 valence electrons. The van der Waals surface area contributed by atoms with E-state index in [0.717, 1.165) is 0 Å². The molecule has 0 atom stereocenters. The van der Waals surface area contributed by atoms with E-state index in [9.17, 15) is 23.6 Å². The van der Waals surface area contributed by atoms with E-state index in [1.54, 1.807) is 49.9 Å². The minimum Gasteiger partial charge on any atom is -0.444 e. The minimum absolute atomic E-state index is 0.0791. The van der Waals surface area contributed by atoms with Crippen LogP contribution in [0.15, 0.2) is 47.3 Å². The van der Waals surface area contributed by atoms with Gasteiger partial charge >= 0.3 is 6.09 Å². The summed E-state index contributed by atoms with van der Waals surface area (Å²) in [6.07, 6.45) is -0.345. The zero-order valence-electron chi connectivity index (χ0n) is 25.3. The average molecular weight is 611 g/mol. The Labute approximate surface area is 254 Å². The van der Waals surface area contributed by atoms with Gasteiger partial charge in [-0.2, -0.15) is 5.10 Å². The summed E-state index contributed by atoms with van der Waals surface area (Å²) in [5.41, 5.74) is 5.60. The topological polar surface area (TPSA) is 151 Å². The Kier molecular flexibility index (Phi) is 10.7. The van der Waals surface area contributed by atoms with Crippen LogP contribution in [0.25, 0.3) is 10.8 Å². The fourth-order valence-electron chi connectivity index (χ4n) is 4.86. The predicted molar refractivity (Wildman–Crippen MR) is 162 cm³/mol. The number of rotatable bonds is 10. The number of aromatic nitrogens is 2. The first-order valence-corrected chi connectivity index (χ1v) is 14.5. The van der Waals surface area contributed by atoms with Crippen LogP contribution in [-0.2, 0) is 20.7 Å². The van der Waals surface area contributed by atoms with Crippen molar-refractivity contribution in [1.82, 2.24) is 24.9 Å². The number of carbonyl (C=O) groups excluding carboxylic acids is 3. The molecular weight excluding hydrogens is 571 g/mol. The highest BCUT2D eigenvalue weighted by Crippen LogP contribution is 2.20. The number of benzene rings is 2. The van der Waals surface area contributed by atoms with Crippen molar-refractivity contribution in [2.75, 3.05) is 59.0 Å². The molecule has 4 rings (SSSR count). The molecule has 0 saturated carbocycles. The summed E-state index contributed by atoms with van der Waals surface area (Å²) >= 11 is 0. The number of fused-ring (bicyclic) bond motifs is 1. The maximum absolute atomic E-state index is 14.9. The van der Waals surface area contributed by atoms with Crippen molar-refractivity contribution >= 4 is 28.7 Å². The zero-order chi connectivity index (χ0) is 31.9. The number of amides is 3. The highest BCUT2D eigenvalue weighted by Gasteiger charge is 2.30. The summed E-state index contributed by atoms with van der Waals surface area (Å²) in [7, 11) is 0. The third-order valence-corrected chi connectivity index (χ3v) is 7.07. The second-order valence-electron chi connectivity index (χ2n) is 11.5. The molecule has 3 N–H and O–H groups in total. The number of H-pyrrole nitrogens is 1. The maximum Gasteiger partial charge on any atom is 0.410 e. The van der Waals surface area contributed by atoms with Crippen LogP contribution in [0, 0.1) is 5.82 Å². The number of piperazine rings is 1. The predicted octanol–water partition coefficient (Wildman–Crippen LogP) is 2.15. The lowest BCUT2D eigenvalue weighted by Crippen LogP contribution is -2.53. The Balaban J connectivity index is 1.39. The van der Waals surface area contributed by atoms with E-state index in [2.05, 4.69) is 10.2 Å². The van der Waals surface area contributed by atoms with Gasteiger partial charge in [-0.3, -0.25) is 19.3 Å². The molecule has 1 aliphatic rings. The molecule has 13 heteroatoms. The van der Waals surface area contributed by atoms with Gasteiger partial charge in [-0.15, -0.1) is 0 Å². The smallest absolute Gasteiger partial charge is 0.410 e. The summed E-state index contributed by atoms with van der Waals surface area (Å²) in [5.74, 6) is -1.43.